The zero-order valence-electron chi connectivity index (χ0n) is 11.2. The van der Waals surface area contributed by atoms with Gasteiger partial charge in [-0.25, -0.2) is 4.39 Å². The molecule has 5 heteroatoms. The van der Waals surface area contributed by atoms with Crippen molar-refractivity contribution in [2.24, 2.45) is 5.16 Å². The van der Waals surface area contributed by atoms with E-state index < -0.39 is 5.97 Å². The molecular formula is C16H14FNO3. The average Bonchev–Trinajstić information content (AvgIpc) is 2.48. The summed E-state index contributed by atoms with van der Waals surface area (Å²) in [7, 11) is 0. The van der Waals surface area contributed by atoms with Gasteiger partial charge in [0, 0.05) is 6.42 Å². The van der Waals surface area contributed by atoms with Crippen molar-refractivity contribution in [1.29, 1.82) is 0 Å². The Bertz CT molecular complexity index is 665. The molecule has 0 aliphatic rings. The Hall–Kier alpha value is -2.69. The second kappa shape index (κ2) is 6.65. The summed E-state index contributed by atoms with van der Waals surface area (Å²) in [6.07, 6.45) is 0.0379. The molecule has 0 unspecified atom stereocenters. The Balaban J connectivity index is 2.20. The Morgan fingerprint density at radius 3 is 2.33 bits per heavy atom. The Morgan fingerprint density at radius 2 is 1.76 bits per heavy atom. The van der Waals surface area contributed by atoms with Crippen LogP contribution in [-0.4, -0.2) is 22.0 Å². The van der Waals surface area contributed by atoms with Crippen LogP contribution in [0.1, 0.15) is 18.4 Å². The van der Waals surface area contributed by atoms with Crippen molar-refractivity contribution in [2.45, 2.75) is 12.8 Å². The second-order valence-electron chi connectivity index (χ2n) is 4.53. The highest BCUT2D eigenvalue weighted by atomic mass is 19.1. The minimum Gasteiger partial charge on any atom is -0.481 e. The van der Waals surface area contributed by atoms with Gasteiger partial charge in [-0.1, -0.05) is 41.6 Å². The minimum absolute atomic E-state index is 0.106. The maximum atomic E-state index is 13.2. The van der Waals surface area contributed by atoms with Gasteiger partial charge in [-0.05, 0) is 28.8 Å². The summed E-state index contributed by atoms with van der Waals surface area (Å²) in [5.41, 5.74) is 2.52. The molecule has 0 bridgehead atoms. The summed E-state index contributed by atoms with van der Waals surface area (Å²) in [4.78, 5) is 10.5. The van der Waals surface area contributed by atoms with E-state index in [-0.39, 0.29) is 18.7 Å². The van der Waals surface area contributed by atoms with E-state index in [2.05, 4.69) is 5.16 Å². The number of nitrogens with zero attached hydrogens (tertiary/aromatic N) is 1. The number of rotatable bonds is 5. The molecule has 2 N–H and O–H groups in total. The van der Waals surface area contributed by atoms with Gasteiger partial charge in [0.25, 0.3) is 0 Å². The van der Waals surface area contributed by atoms with Crippen molar-refractivity contribution in [3.63, 3.8) is 0 Å². The molecule has 0 spiro atoms. The van der Waals surface area contributed by atoms with Gasteiger partial charge < -0.3 is 10.3 Å². The highest BCUT2D eigenvalue weighted by Gasteiger charge is 2.08. The minimum atomic E-state index is -0.951. The van der Waals surface area contributed by atoms with Crippen molar-refractivity contribution < 1.29 is 19.5 Å². The molecule has 2 aromatic rings. The third-order valence-corrected chi connectivity index (χ3v) is 3.07. The van der Waals surface area contributed by atoms with Crippen LogP contribution in [0.5, 0.6) is 0 Å². The van der Waals surface area contributed by atoms with E-state index in [1.807, 2.05) is 0 Å². The quantitative estimate of drug-likeness (QED) is 0.502. The zero-order chi connectivity index (χ0) is 15.2. The average molecular weight is 287 g/mol. The summed E-state index contributed by atoms with van der Waals surface area (Å²) in [6.45, 7) is 0. The van der Waals surface area contributed by atoms with E-state index in [9.17, 15) is 9.18 Å². The molecule has 4 nitrogen and oxygen atoms in total. The molecule has 0 heterocycles. The van der Waals surface area contributed by atoms with Crippen LogP contribution >= 0.6 is 0 Å². The molecule has 0 aliphatic carbocycles. The van der Waals surface area contributed by atoms with Crippen LogP contribution in [0, 0.1) is 5.82 Å². The molecule has 0 aliphatic heterocycles. The van der Waals surface area contributed by atoms with E-state index in [1.54, 1.807) is 36.4 Å². The number of benzene rings is 2. The Morgan fingerprint density at radius 1 is 1.05 bits per heavy atom. The van der Waals surface area contributed by atoms with Gasteiger partial charge in [-0.2, -0.15) is 0 Å². The number of hydrogen-bond acceptors (Lipinski definition) is 3. The number of carbonyl (C=O) groups is 1. The first-order valence-electron chi connectivity index (χ1n) is 6.39. The van der Waals surface area contributed by atoms with E-state index >= 15 is 0 Å². The molecule has 2 rings (SSSR count). The fraction of sp³-hybridized carbons (Fsp3) is 0.125. The predicted molar refractivity (Wildman–Crippen MR) is 77.0 cm³/mol. The highest BCUT2D eigenvalue weighted by Crippen LogP contribution is 2.21. The topological polar surface area (TPSA) is 69.9 Å². The Kier molecular flexibility index (Phi) is 4.66. The van der Waals surface area contributed by atoms with Crippen molar-refractivity contribution in [1.82, 2.24) is 0 Å². The molecule has 0 aromatic heterocycles. The SMILES string of the molecule is O=C(O)CCC(=NO)c1ccc(-c2cccc(F)c2)cc1. The van der Waals surface area contributed by atoms with E-state index in [0.717, 1.165) is 11.1 Å². The maximum Gasteiger partial charge on any atom is 0.303 e. The molecule has 108 valence electrons. The lowest BCUT2D eigenvalue weighted by molar-refractivity contribution is -0.136. The standard InChI is InChI=1S/C16H14FNO3/c17-14-3-1-2-13(10-14)11-4-6-12(7-5-11)15(18-21)8-9-16(19)20/h1-7,10,21H,8-9H2,(H,19,20). The maximum absolute atomic E-state index is 13.2. The van der Waals surface area contributed by atoms with Gasteiger partial charge in [0.1, 0.15) is 5.82 Å². The third kappa shape index (κ3) is 3.89. The largest absolute Gasteiger partial charge is 0.481 e. The van der Waals surface area contributed by atoms with Crippen LogP contribution in [0.25, 0.3) is 11.1 Å². The van der Waals surface area contributed by atoms with Gasteiger partial charge in [0.2, 0.25) is 0 Å². The van der Waals surface area contributed by atoms with E-state index in [1.165, 1.54) is 12.1 Å². The Labute approximate surface area is 121 Å². The lowest BCUT2D eigenvalue weighted by atomic mass is 10.0. The van der Waals surface area contributed by atoms with E-state index in [4.69, 9.17) is 10.3 Å². The fourth-order valence-corrected chi connectivity index (χ4v) is 2.00. The van der Waals surface area contributed by atoms with Crippen LogP contribution in [0.2, 0.25) is 0 Å². The third-order valence-electron chi connectivity index (χ3n) is 3.07. The van der Waals surface area contributed by atoms with Crippen LogP contribution in [-0.2, 0) is 4.79 Å². The number of aliphatic carboxylic acids is 1. The smallest absolute Gasteiger partial charge is 0.303 e. The lowest BCUT2D eigenvalue weighted by Crippen LogP contribution is -2.05. The fourth-order valence-electron chi connectivity index (χ4n) is 2.00. The molecule has 0 radical (unpaired) electrons. The normalized spacial score (nSPS) is 11.4. The molecule has 0 fully saturated rings. The number of oxime groups is 1. The van der Waals surface area contributed by atoms with Crippen LogP contribution < -0.4 is 0 Å². The lowest BCUT2D eigenvalue weighted by Gasteiger charge is -2.06. The zero-order valence-corrected chi connectivity index (χ0v) is 11.2. The summed E-state index contributed by atoms with van der Waals surface area (Å²) >= 11 is 0. The number of carboxylic acid groups (broad SMARTS) is 1. The first-order chi connectivity index (χ1) is 10.1. The van der Waals surface area contributed by atoms with Crippen molar-refractivity contribution in [3.8, 4) is 11.1 Å². The number of carboxylic acids is 1. The summed E-state index contributed by atoms with van der Waals surface area (Å²) < 4.78 is 13.2. The van der Waals surface area contributed by atoms with Gasteiger partial charge in [-0.3, -0.25) is 4.79 Å². The number of halogens is 1. The molecule has 0 saturated carbocycles. The van der Waals surface area contributed by atoms with Gasteiger partial charge >= 0.3 is 5.97 Å². The van der Waals surface area contributed by atoms with Crippen molar-refractivity contribution in [3.05, 3.63) is 59.9 Å². The van der Waals surface area contributed by atoms with Crippen molar-refractivity contribution in [2.75, 3.05) is 0 Å². The van der Waals surface area contributed by atoms with Crippen LogP contribution in [0.4, 0.5) is 4.39 Å². The molecule has 2 aromatic carbocycles. The summed E-state index contributed by atoms with van der Waals surface area (Å²) in [5.74, 6) is -1.26. The van der Waals surface area contributed by atoms with Gasteiger partial charge in [-0.15, -0.1) is 0 Å². The van der Waals surface area contributed by atoms with Crippen LogP contribution in [0.3, 0.4) is 0 Å². The molecule has 0 saturated heterocycles. The van der Waals surface area contributed by atoms with Crippen LogP contribution in [0.15, 0.2) is 53.7 Å². The molecule has 21 heavy (non-hydrogen) atoms. The monoisotopic (exact) mass is 287 g/mol. The number of hydrogen-bond donors (Lipinski definition) is 2. The second-order valence-corrected chi connectivity index (χ2v) is 4.53. The summed E-state index contributed by atoms with van der Waals surface area (Å²) in [5, 5.41) is 20.8. The molecule has 0 atom stereocenters. The first-order valence-corrected chi connectivity index (χ1v) is 6.39. The first kappa shape index (κ1) is 14.7. The van der Waals surface area contributed by atoms with Gasteiger partial charge in [0.05, 0.1) is 12.1 Å². The molecular weight excluding hydrogens is 273 g/mol. The summed E-state index contributed by atoms with van der Waals surface area (Å²) in [6, 6.07) is 13.2. The van der Waals surface area contributed by atoms with Gasteiger partial charge in [0.15, 0.2) is 0 Å². The highest BCUT2D eigenvalue weighted by molar-refractivity contribution is 6.01. The molecule has 0 amide bonds. The predicted octanol–water partition coefficient (Wildman–Crippen LogP) is 3.54. The van der Waals surface area contributed by atoms with Crippen molar-refractivity contribution >= 4 is 11.7 Å². The van der Waals surface area contributed by atoms with E-state index in [0.29, 0.717) is 11.3 Å².